The maximum Gasteiger partial charge on any atom is 0.116 e. The monoisotopic (exact) mass is 154 g/mol. The zero-order valence-corrected chi connectivity index (χ0v) is 6.20. The first-order chi connectivity index (χ1) is 5.33. The van der Waals surface area contributed by atoms with Crippen LogP contribution in [0.5, 0.6) is 0 Å². The molecule has 60 valence electrons. The van der Waals surface area contributed by atoms with Crippen LogP contribution >= 0.6 is 0 Å². The summed E-state index contributed by atoms with van der Waals surface area (Å²) < 4.78 is 12.7. The molecule has 0 fully saturated rings. The van der Waals surface area contributed by atoms with Gasteiger partial charge in [0.05, 0.1) is 0 Å². The van der Waals surface area contributed by atoms with Crippen LogP contribution in [0.25, 0.3) is 0 Å². The molecule has 1 heterocycles. The Morgan fingerprint density at radius 2 is 2.09 bits per heavy atom. The van der Waals surface area contributed by atoms with Gasteiger partial charge < -0.3 is 5.73 Å². The molecule has 0 radical (unpaired) electrons. The smallest absolute Gasteiger partial charge is 0.116 e. The SMILES string of the molecule is NCC(F)Cc1ccncc1. The van der Waals surface area contributed by atoms with Gasteiger partial charge in [0.1, 0.15) is 6.17 Å². The Kier molecular flexibility index (Phi) is 2.98. The second kappa shape index (κ2) is 4.03. The largest absolute Gasteiger partial charge is 0.328 e. The summed E-state index contributed by atoms with van der Waals surface area (Å²) in [5.74, 6) is 0. The van der Waals surface area contributed by atoms with Gasteiger partial charge in [0.15, 0.2) is 0 Å². The zero-order chi connectivity index (χ0) is 8.10. The Morgan fingerprint density at radius 1 is 1.45 bits per heavy atom. The van der Waals surface area contributed by atoms with E-state index in [4.69, 9.17) is 5.73 Å². The third kappa shape index (κ3) is 2.63. The lowest BCUT2D eigenvalue weighted by atomic mass is 10.1. The highest BCUT2D eigenvalue weighted by molar-refractivity contribution is 5.10. The van der Waals surface area contributed by atoms with Crippen molar-refractivity contribution in [3.05, 3.63) is 30.1 Å². The summed E-state index contributed by atoms with van der Waals surface area (Å²) in [5, 5.41) is 0. The normalized spacial score (nSPS) is 12.9. The average molecular weight is 154 g/mol. The molecule has 1 aromatic rings. The molecular formula is C8H11FN2. The van der Waals surface area contributed by atoms with Gasteiger partial charge in [0.2, 0.25) is 0 Å². The summed E-state index contributed by atoms with van der Waals surface area (Å²) in [6.07, 6.45) is 2.76. The summed E-state index contributed by atoms with van der Waals surface area (Å²) in [7, 11) is 0. The van der Waals surface area contributed by atoms with Crippen LogP contribution in [0.1, 0.15) is 5.56 Å². The highest BCUT2D eigenvalue weighted by atomic mass is 19.1. The summed E-state index contributed by atoms with van der Waals surface area (Å²) >= 11 is 0. The van der Waals surface area contributed by atoms with Gasteiger partial charge in [-0.05, 0) is 17.7 Å². The number of nitrogens with zero attached hydrogens (tertiary/aromatic N) is 1. The van der Waals surface area contributed by atoms with Gasteiger partial charge in [0.25, 0.3) is 0 Å². The minimum absolute atomic E-state index is 0.0856. The fourth-order valence-electron chi connectivity index (χ4n) is 0.858. The third-order valence-electron chi connectivity index (χ3n) is 1.46. The van der Waals surface area contributed by atoms with E-state index < -0.39 is 6.17 Å². The number of pyridine rings is 1. The Balaban J connectivity index is 2.51. The highest BCUT2D eigenvalue weighted by Gasteiger charge is 2.03. The molecule has 0 aliphatic rings. The summed E-state index contributed by atoms with van der Waals surface area (Å²) in [6.45, 7) is 0.0856. The van der Waals surface area contributed by atoms with E-state index in [0.717, 1.165) is 5.56 Å². The molecule has 1 unspecified atom stereocenters. The molecule has 0 aliphatic carbocycles. The topological polar surface area (TPSA) is 38.9 Å². The first-order valence-electron chi connectivity index (χ1n) is 3.56. The predicted molar refractivity (Wildman–Crippen MR) is 41.9 cm³/mol. The van der Waals surface area contributed by atoms with Crippen LogP contribution in [0.4, 0.5) is 4.39 Å². The molecule has 0 saturated carbocycles. The number of rotatable bonds is 3. The second-order valence-corrected chi connectivity index (χ2v) is 2.39. The number of halogens is 1. The molecule has 0 amide bonds. The first-order valence-corrected chi connectivity index (χ1v) is 3.56. The molecule has 2 N–H and O–H groups in total. The van der Waals surface area contributed by atoms with Gasteiger partial charge in [0, 0.05) is 25.4 Å². The van der Waals surface area contributed by atoms with Crippen molar-refractivity contribution in [2.75, 3.05) is 6.54 Å². The standard InChI is InChI=1S/C8H11FN2/c9-8(6-10)5-7-1-3-11-4-2-7/h1-4,8H,5-6,10H2. The Labute approximate surface area is 65.3 Å². The Hall–Kier alpha value is -0.960. The molecular weight excluding hydrogens is 143 g/mol. The van der Waals surface area contributed by atoms with E-state index in [2.05, 4.69) is 4.98 Å². The van der Waals surface area contributed by atoms with E-state index >= 15 is 0 Å². The van der Waals surface area contributed by atoms with Crippen LogP contribution in [0.2, 0.25) is 0 Å². The summed E-state index contributed by atoms with van der Waals surface area (Å²) in [4.78, 5) is 3.82. The molecule has 0 spiro atoms. The molecule has 0 aliphatic heterocycles. The maximum absolute atomic E-state index is 12.7. The number of nitrogens with two attached hydrogens (primary N) is 1. The van der Waals surface area contributed by atoms with E-state index in [1.54, 1.807) is 24.5 Å². The molecule has 0 aromatic carbocycles. The van der Waals surface area contributed by atoms with E-state index in [-0.39, 0.29) is 6.54 Å². The number of alkyl halides is 1. The summed E-state index contributed by atoms with van der Waals surface area (Å²) in [6, 6.07) is 3.59. The van der Waals surface area contributed by atoms with Crippen molar-refractivity contribution in [2.24, 2.45) is 5.73 Å². The van der Waals surface area contributed by atoms with E-state index in [0.29, 0.717) is 6.42 Å². The minimum Gasteiger partial charge on any atom is -0.328 e. The molecule has 3 heteroatoms. The van der Waals surface area contributed by atoms with Crippen LogP contribution in [0, 0.1) is 0 Å². The van der Waals surface area contributed by atoms with Gasteiger partial charge in [-0.25, -0.2) is 4.39 Å². The maximum atomic E-state index is 12.7. The van der Waals surface area contributed by atoms with Crippen molar-refractivity contribution in [2.45, 2.75) is 12.6 Å². The predicted octanol–water partition coefficient (Wildman–Crippen LogP) is 0.921. The fraction of sp³-hybridized carbons (Fsp3) is 0.375. The van der Waals surface area contributed by atoms with Crippen molar-refractivity contribution in [3.63, 3.8) is 0 Å². The fourth-order valence-corrected chi connectivity index (χ4v) is 0.858. The quantitative estimate of drug-likeness (QED) is 0.703. The van der Waals surface area contributed by atoms with E-state index in [9.17, 15) is 4.39 Å². The molecule has 0 bridgehead atoms. The highest BCUT2D eigenvalue weighted by Crippen LogP contribution is 2.02. The van der Waals surface area contributed by atoms with Crippen molar-refractivity contribution in [1.29, 1.82) is 0 Å². The lowest BCUT2D eigenvalue weighted by Gasteiger charge is -2.03. The second-order valence-electron chi connectivity index (χ2n) is 2.39. The van der Waals surface area contributed by atoms with Gasteiger partial charge in [-0.3, -0.25) is 4.98 Å². The minimum atomic E-state index is -0.933. The Bertz CT molecular complexity index is 201. The van der Waals surface area contributed by atoms with Crippen molar-refractivity contribution < 1.29 is 4.39 Å². The van der Waals surface area contributed by atoms with Crippen LogP contribution in [0.15, 0.2) is 24.5 Å². The van der Waals surface area contributed by atoms with E-state index in [1.807, 2.05) is 0 Å². The van der Waals surface area contributed by atoms with Crippen LogP contribution in [-0.4, -0.2) is 17.7 Å². The van der Waals surface area contributed by atoms with Gasteiger partial charge >= 0.3 is 0 Å². The number of aromatic nitrogens is 1. The van der Waals surface area contributed by atoms with Gasteiger partial charge in [-0.2, -0.15) is 0 Å². The zero-order valence-electron chi connectivity index (χ0n) is 6.20. The van der Waals surface area contributed by atoms with Gasteiger partial charge in [-0.15, -0.1) is 0 Å². The molecule has 1 rings (SSSR count). The average Bonchev–Trinajstić information content (AvgIpc) is 2.06. The Morgan fingerprint density at radius 3 is 2.64 bits per heavy atom. The lowest BCUT2D eigenvalue weighted by Crippen LogP contribution is -2.17. The number of hydrogen-bond acceptors (Lipinski definition) is 2. The van der Waals surface area contributed by atoms with Crippen molar-refractivity contribution in [3.8, 4) is 0 Å². The summed E-state index contributed by atoms with van der Waals surface area (Å²) in [5.41, 5.74) is 6.07. The number of hydrogen-bond donors (Lipinski definition) is 1. The van der Waals surface area contributed by atoms with Crippen LogP contribution in [-0.2, 0) is 6.42 Å². The van der Waals surface area contributed by atoms with Crippen molar-refractivity contribution in [1.82, 2.24) is 4.98 Å². The van der Waals surface area contributed by atoms with E-state index in [1.165, 1.54) is 0 Å². The molecule has 2 nitrogen and oxygen atoms in total. The molecule has 11 heavy (non-hydrogen) atoms. The molecule has 1 atom stereocenters. The van der Waals surface area contributed by atoms with Gasteiger partial charge in [-0.1, -0.05) is 0 Å². The first kappa shape index (κ1) is 8.14. The van der Waals surface area contributed by atoms with Crippen LogP contribution in [0.3, 0.4) is 0 Å². The lowest BCUT2D eigenvalue weighted by molar-refractivity contribution is 0.340. The third-order valence-corrected chi connectivity index (χ3v) is 1.46. The van der Waals surface area contributed by atoms with Crippen molar-refractivity contribution >= 4 is 0 Å². The molecule has 1 aromatic heterocycles. The molecule has 0 saturated heterocycles. The van der Waals surface area contributed by atoms with Crippen LogP contribution < -0.4 is 5.73 Å².